The molecule has 24 heavy (non-hydrogen) atoms. The van der Waals surface area contributed by atoms with Crippen molar-refractivity contribution >= 4 is 11.8 Å². The zero-order valence-electron chi connectivity index (χ0n) is 12.9. The fraction of sp³-hybridized carbons (Fsp3) is 0.600. The molecule has 0 radical (unpaired) electrons. The van der Waals surface area contributed by atoms with Gasteiger partial charge in [0.1, 0.15) is 5.69 Å². The zero-order valence-corrected chi connectivity index (χ0v) is 13.8. The topological polar surface area (TPSA) is 67.9 Å². The van der Waals surface area contributed by atoms with Gasteiger partial charge in [-0.3, -0.25) is 9.88 Å². The summed E-state index contributed by atoms with van der Waals surface area (Å²) < 4.78 is 33.8. The molecule has 0 N–H and O–H groups in total. The van der Waals surface area contributed by atoms with Crippen LogP contribution >= 0.6 is 11.8 Å². The number of aromatic nitrogens is 4. The van der Waals surface area contributed by atoms with Gasteiger partial charge in [0.25, 0.3) is 11.8 Å². The number of hydrogen-bond acceptors (Lipinski definition) is 7. The molecule has 2 aromatic heterocycles. The standard InChI is InChI=1S/C15H17F2N5OS/c16-15(17)7-12(22(9-15)10-1-5-24-6-2-10)14-21-20-13(23-14)11-8-18-3-4-19-11/h3-4,8,10,12H,1-2,5-7,9H2/t12-/m0/s1. The summed E-state index contributed by atoms with van der Waals surface area (Å²) >= 11 is 1.87. The molecule has 4 rings (SSSR count). The Labute approximate surface area is 142 Å². The first-order valence-electron chi connectivity index (χ1n) is 7.93. The smallest absolute Gasteiger partial charge is 0.267 e. The van der Waals surface area contributed by atoms with Crippen molar-refractivity contribution in [2.45, 2.75) is 37.3 Å². The van der Waals surface area contributed by atoms with Crippen molar-refractivity contribution in [3.63, 3.8) is 0 Å². The van der Waals surface area contributed by atoms with Crippen LogP contribution in [0.4, 0.5) is 8.78 Å². The van der Waals surface area contributed by atoms with Gasteiger partial charge >= 0.3 is 0 Å². The summed E-state index contributed by atoms with van der Waals surface area (Å²) in [6.45, 7) is -0.240. The van der Waals surface area contributed by atoms with Gasteiger partial charge in [-0.2, -0.15) is 11.8 Å². The summed E-state index contributed by atoms with van der Waals surface area (Å²) in [5, 5.41) is 7.98. The Balaban J connectivity index is 1.60. The normalized spacial score (nSPS) is 25.2. The van der Waals surface area contributed by atoms with E-state index < -0.39 is 12.0 Å². The molecule has 2 saturated heterocycles. The maximum atomic E-state index is 14.1. The van der Waals surface area contributed by atoms with Gasteiger partial charge in [0.15, 0.2) is 0 Å². The molecule has 0 bridgehead atoms. The van der Waals surface area contributed by atoms with E-state index in [1.165, 1.54) is 12.4 Å². The number of hydrogen-bond donors (Lipinski definition) is 0. The second kappa shape index (κ2) is 6.36. The minimum Gasteiger partial charge on any atom is -0.417 e. The maximum absolute atomic E-state index is 14.1. The third kappa shape index (κ3) is 3.14. The molecular formula is C15H17F2N5OS. The van der Waals surface area contributed by atoms with Gasteiger partial charge in [0.2, 0.25) is 5.89 Å². The molecule has 2 aliphatic heterocycles. The van der Waals surface area contributed by atoms with Crippen LogP contribution in [-0.2, 0) is 0 Å². The van der Waals surface area contributed by atoms with Crippen LogP contribution in [0.25, 0.3) is 11.6 Å². The van der Waals surface area contributed by atoms with Crippen molar-refractivity contribution in [2.24, 2.45) is 0 Å². The average Bonchev–Trinajstić information content (AvgIpc) is 3.21. The summed E-state index contributed by atoms with van der Waals surface area (Å²) in [6.07, 6.45) is 6.14. The summed E-state index contributed by atoms with van der Waals surface area (Å²) in [4.78, 5) is 9.91. The van der Waals surface area contributed by atoms with E-state index in [4.69, 9.17) is 4.42 Å². The Hall–Kier alpha value is -1.61. The summed E-state index contributed by atoms with van der Waals surface area (Å²) in [6, 6.07) is -0.387. The quantitative estimate of drug-likeness (QED) is 0.840. The molecule has 0 spiro atoms. The minimum absolute atomic E-state index is 0.150. The van der Waals surface area contributed by atoms with Gasteiger partial charge in [-0.1, -0.05) is 0 Å². The number of nitrogens with zero attached hydrogens (tertiary/aromatic N) is 5. The van der Waals surface area contributed by atoms with Crippen LogP contribution in [0.2, 0.25) is 0 Å². The van der Waals surface area contributed by atoms with Gasteiger partial charge < -0.3 is 4.42 Å². The Morgan fingerprint density at radius 2 is 2.04 bits per heavy atom. The van der Waals surface area contributed by atoms with E-state index in [1.54, 1.807) is 6.20 Å². The molecule has 9 heteroatoms. The third-order valence-corrected chi connectivity index (χ3v) is 5.52. The molecule has 2 fully saturated rings. The molecular weight excluding hydrogens is 336 g/mol. The number of alkyl halides is 2. The molecule has 6 nitrogen and oxygen atoms in total. The highest BCUT2D eigenvalue weighted by molar-refractivity contribution is 7.99. The summed E-state index contributed by atoms with van der Waals surface area (Å²) in [5.74, 6) is -0.253. The summed E-state index contributed by atoms with van der Waals surface area (Å²) in [7, 11) is 0. The Kier molecular flexibility index (Phi) is 4.21. The van der Waals surface area contributed by atoms with Gasteiger partial charge in [-0.25, -0.2) is 13.8 Å². The van der Waals surface area contributed by atoms with Crippen molar-refractivity contribution in [1.82, 2.24) is 25.1 Å². The van der Waals surface area contributed by atoms with E-state index in [1.807, 2.05) is 16.7 Å². The van der Waals surface area contributed by atoms with Crippen LogP contribution in [0, 0.1) is 0 Å². The number of rotatable bonds is 3. The zero-order chi connectivity index (χ0) is 16.6. The lowest BCUT2D eigenvalue weighted by Crippen LogP contribution is -2.39. The number of halogens is 2. The fourth-order valence-corrected chi connectivity index (χ4v) is 4.44. The first-order chi connectivity index (χ1) is 11.6. The van der Waals surface area contributed by atoms with Gasteiger partial charge in [0, 0.05) is 24.9 Å². The van der Waals surface area contributed by atoms with E-state index in [-0.39, 0.29) is 30.8 Å². The maximum Gasteiger partial charge on any atom is 0.267 e. The molecule has 0 saturated carbocycles. The molecule has 128 valence electrons. The Morgan fingerprint density at radius 1 is 1.21 bits per heavy atom. The second-order valence-corrected chi connectivity index (χ2v) is 7.35. The van der Waals surface area contributed by atoms with E-state index in [0.717, 1.165) is 24.3 Å². The Morgan fingerprint density at radius 3 is 2.79 bits per heavy atom. The highest BCUT2D eigenvalue weighted by atomic mass is 32.2. The number of likely N-dealkylation sites (tertiary alicyclic amines) is 1. The first kappa shape index (κ1) is 15.9. The molecule has 4 heterocycles. The van der Waals surface area contributed by atoms with Gasteiger partial charge in [-0.05, 0) is 24.3 Å². The fourth-order valence-electron chi connectivity index (χ4n) is 3.35. The van der Waals surface area contributed by atoms with E-state index in [2.05, 4.69) is 20.2 Å². The van der Waals surface area contributed by atoms with Crippen LogP contribution in [0.3, 0.4) is 0 Å². The van der Waals surface area contributed by atoms with E-state index >= 15 is 0 Å². The van der Waals surface area contributed by atoms with Crippen molar-refractivity contribution in [2.75, 3.05) is 18.1 Å². The molecule has 0 aliphatic carbocycles. The van der Waals surface area contributed by atoms with Crippen LogP contribution in [0.15, 0.2) is 23.0 Å². The molecule has 1 atom stereocenters. The lowest BCUT2D eigenvalue weighted by atomic mass is 10.1. The Bertz CT molecular complexity index is 692. The average molecular weight is 353 g/mol. The molecule has 0 amide bonds. The van der Waals surface area contributed by atoms with Crippen LogP contribution in [0.1, 0.15) is 31.2 Å². The monoisotopic (exact) mass is 353 g/mol. The highest BCUT2D eigenvalue weighted by Gasteiger charge is 2.50. The van der Waals surface area contributed by atoms with Crippen LogP contribution in [-0.4, -0.2) is 55.1 Å². The van der Waals surface area contributed by atoms with Crippen LogP contribution in [0.5, 0.6) is 0 Å². The first-order valence-corrected chi connectivity index (χ1v) is 9.09. The van der Waals surface area contributed by atoms with Gasteiger partial charge in [0.05, 0.1) is 18.8 Å². The predicted octanol–water partition coefficient (Wildman–Crippen LogP) is 2.80. The lowest BCUT2D eigenvalue weighted by molar-refractivity contribution is 0.00716. The largest absolute Gasteiger partial charge is 0.417 e. The van der Waals surface area contributed by atoms with Crippen molar-refractivity contribution in [1.29, 1.82) is 0 Å². The SMILES string of the molecule is FC1(F)C[C@@H](c2nnc(-c3cnccn3)o2)N(C2CCSCC2)C1. The second-order valence-electron chi connectivity index (χ2n) is 6.13. The third-order valence-electron chi connectivity index (χ3n) is 4.47. The number of thioether (sulfide) groups is 1. The van der Waals surface area contributed by atoms with Gasteiger partial charge in [-0.15, -0.1) is 10.2 Å². The van der Waals surface area contributed by atoms with Crippen molar-refractivity contribution < 1.29 is 13.2 Å². The summed E-state index contributed by atoms with van der Waals surface area (Å²) in [5.41, 5.74) is 0.446. The highest BCUT2D eigenvalue weighted by Crippen LogP contribution is 2.44. The lowest BCUT2D eigenvalue weighted by Gasteiger charge is -2.33. The predicted molar refractivity (Wildman–Crippen MR) is 84.7 cm³/mol. The minimum atomic E-state index is -2.73. The van der Waals surface area contributed by atoms with E-state index in [9.17, 15) is 8.78 Å². The molecule has 0 aromatic carbocycles. The van der Waals surface area contributed by atoms with Crippen molar-refractivity contribution in [3.8, 4) is 11.6 Å². The van der Waals surface area contributed by atoms with E-state index in [0.29, 0.717) is 5.69 Å². The van der Waals surface area contributed by atoms with Crippen molar-refractivity contribution in [3.05, 3.63) is 24.5 Å². The molecule has 2 aliphatic rings. The van der Waals surface area contributed by atoms with Crippen LogP contribution < -0.4 is 0 Å². The molecule has 2 aromatic rings. The molecule has 0 unspecified atom stereocenters.